The number of aromatic amines is 1. The van der Waals surface area contributed by atoms with Gasteiger partial charge in [-0.1, -0.05) is 42.1 Å². The zero-order chi connectivity index (χ0) is 25.7. The Morgan fingerprint density at radius 2 is 1.84 bits per heavy atom. The van der Waals surface area contributed by atoms with E-state index < -0.39 is 0 Å². The second kappa shape index (κ2) is 10.8. The molecule has 3 aromatic carbocycles. The van der Waals surface area contributed by atoms with Crippen molar-refractivity contribution in [3.05, 3.63) is 108 Å². The standard InChI is InChI=1S/C30H24N4O3S/c35-30(32-18-21-19-36-27-9-2-3-10-28(27)37-21)24-8-1-4-11-29(24)38-22-13-14-23-25(33-34-26(23)17-22)15-12-20-7-5-6-16-31-20/h1-17,21H,18-19H2,(H,32,35)(H,33,34)/b15-12+. The number of hydrogen-bond donors (Lipinski definition) is 2. The van der Waals surface area contributed by atoms with Gasteiger partial charge in [-0.25, -0.2) is 0 Å². The molecule has 5 aromatic rings. The number of hydrogen-bond acceptors (Lipinski definition) is 6. The van der Waals surface area contributed by atoms with Gasteiger partial charge in [-0.3, -0.25) is 14.9 Å². The third-order valence-electron chi connectivity index (χ3n) is 6.08. The lowest BCUT2D eigenvalue weighted by atomic mass is 10.2. The van der Waals surface area contributed by atoms with E-state index in [1.54, 1.807) is 6.20 Å². The number of carbonyl (C=O) groups is 1. The van der Waals surface area contributed by atoms with E-state index in [-0.39, 0.29) is 12.0 Å². The normalized spacial score (nSPS) is 14.6. The molecule has 1 amide bonds. The van der Waals surface area contributed by atoms with Gasteiger partial charge >= 0.3 is 0 Å². The van der Waals surface area contributed by atoms with E-state index in [2.05, 4.69) is 20.5 Å². The highest BCUT2D eigenvalue weighted by atomic mass is 32.2. The first kappa shape index (κ1) is 23.8. The van der Waals surface area contributed by atoms with Crippen LogP contribution in [0.25, 0.3) is 23.1 Å². The third kappa shape index (κ3) is 5.26. The van der Waals surface area contributed by atoms with Gasteiger partial charge in [0.25, 0.3) is 5.91 Å². The van der Waals surface area contributed by atoms with Crippen LogP contribution in [0, 0.1) is 0 Å². The highest BCUT2D eigenvalue weighted by molar-refractivity contribution is 7.99. The summed E-state index contributed by atoms with van der Waals surface area (Å²) in [6.07, 6.45) is 5.41. The van der Waals surface area contributed by atoms with E-state index in [0.717, 1.165) is 37.8 Å². The minimum absolute atomic E-state index is 0.153. The predicted octanol–water partition coefficient (Wildman–Crippen LogP) is 5.85. The molecule has 2 aromatic heterocycles. The van der Waals surface area contributed by atoms with Crippen molar-refractivity contribution in [3.63, 3.8) is 0 Å². The van der Waals surface area contributed by atoms with Gasteiger partial charge in [0.15, 0.2) is 11.5 Å². The second-order valence-corrected chi connectivity index (χ2v) is 9.83. The minimum atomic E-state index is -0.252. The molecule has 1 atom stereocenters. The largest absolute Gasteiger partial charge is 0.486 e. The monoisotopic (exact) mass is 520 g/mol. The summed E-state index contributed by atoms with van der Waals surface area (Å²) in [5.41, 5.74) is 3.25. The van der Waals surface area contributed by atoms with Crippen molar-refractivity contribution in [3.8, 4) is 11.5 Å². The fourth-order valence-electron chi connectivity index (χ4n) is 4.18. The van der Waals surface area contributed by atoms with Gasteiger partial charge in [0, 0.05) is 21.4 Å². The fraction of sp³-hybridized carbons (Fsp3) is 0.100. The molecular weight excluding hydrogens is 496 g/mol. The summed E-state index contributed by atoms with van der Waals surface area (Å²) in [7, 11) is 0. The SMILES string of the molecule is O=C(NCC1COc2ccccc2O1)c1ccccc1Sc1ccc2c(/C=C/c3ccccn3)n[nH]c2c1. The Labute approximate surface area is 223 Å². The summed E-state index contributed by atoms with van der Waals surface area (Å²) >= 11 is 1.54. The Hall–Kier alpha value is -4.56. The van der Waals surface area contributed by atoms with Crippen molar-refractivity contribution in [1.29, 1.82) is 0 Å². The molecule has 188 valence electrons. The number of amides is 1. The molecule has 7 nitrogen and oxygen atoms in total. The van der Waals surface area contributed by atoms with E-state index in [1.807, 2.05) is 97.1 Å². The van der Waals surface area contributed by atoms with Gasteiger partial charge < -0.3 is 14.8 Å². The summed E-state index contributed by atoms with van der Waals surface area (Å²) in [5.74, 6) is 1.26. The first-order valence-electron chi connectivity index (χ1n) is 12.2. The summed E-state index contributed by atoms with van der Waals surface area (Å²) < 4.78 is 11.7. The van der Waals surface area contributed by atoms with Crippen molar-refractivity contribution in [2.45, 2.75) is 15.9 Å². The molecule has 1 aliphatic heterocycles. The third-order valence-corrected chi connectivity index (χ3v) is 7.15. The minimum Gasteiger partial charge on any atom is -0.486 e. The Morgan fingerprint density at radius 1 is 1.00 bits per heavy atom. The Bertz CT molecular complexity index is 1620. The number of H-pyrrole nitrogens is 1. The van der Waals surface area contributed by atoms with E-state index in [9.17, 15) is 4.79 Å². The Morgan fingerprint density at radius 3 is 2.74 bits per heavy atom. The molecule has 1 unspecified atom stereocenters. The van der Waals surface area contributed by atoms with Crippen LogP contribution in [0.3, 0.4) is 0 Å². The maximum atomic E-state index is 13.1. The lowest BCUT2D eigenvalue weighted by Gasteiger charge is -2.26. The van der Waals surface area contributed by atoms with Crippen molar-refractivity contribution >= 4 is 40.7 Å². The average molecular weight is 521 g/mol. The molecule has 0 bridgehead atoms. The average Bonchev–Trinajstić information content (AvgIpc) is 3.37. The number of para-hydroxylation sites is 2. The van der Waals surface area contributed by atoms with E-state index in [4.69, 9.17) is 9.47 Å². The van der Waals surface area contributed by atoms with Crippen LogP contribution in [0.2, 0.25) is 0 Å². The topological polar surface area (TPSA) is 89.1 Å². The van der Waals surface area contributed by atoms with Crippen LogP contribution >= 0.6 is 11.8 Å². The maximum absolute atomic E-state index is 13.1. The number of rotatable bonds is 7. The molecular formula is C30H24N4O3S. The van der Waals surface area contributed by atoms with Crippen LogP contribution < -0.4 is 14.8 Å². The summed E-state index contributed by atoms with van der Waals surface area (Å²) in [5, 5.41) is 11.6. The molecule has 3 heterocycles. The van der Waals surface area contributed by atoms with E-state index in [1.165, 1.54) is 11.8 Å². The number of nitrogens with zero attached hydrogens (tertiary/aromatic N) is 2. The van der Waals surface area contributed by atoms with Crippen LogP contribution in [0.5, 0.6) is 11.5 Å². The number of aromatic nitrogens is 3. The molecule has 0 aliphatic carbocycles. The number of benzene rings is 3. The number of pyridine rings is 1. The highest BCUT2D eigenvalue weighted by Gasteiger charge is 2.22. The lowest BCUT2D eigenvalue weighted by Crippen LogP contribution is -2.40. The summed E-state index contributed by atoms with van der Waals surface area (Å²) in [6.45, 7) is 0.734. The van der Waals surface area contributed by atoms with Gasteiger partial charge in [-0.15, -0.1) is 0 Å². The molecule has 0 saturated heterocycles. The second-order valence-electron chi connectivity index (χ2n) is 8.71. The predicted molar refractivity (Wildman–Crippen MR) is 149 cm³/mol. The highest BCUT2D eigenvalue weighted by Crippen LogP contribution is 2.33. The summed E-state index contributed by atoms with van der Waals surface area (Å²) in [4.78, 5) is 19.3. The zero-order valence-electron chi connectivity index (χ0n) is 20.3. The molecule has 38 heavy (non-hydrogen) atoms. The van der Waals surface area contributed by atoms with Crippen LogP contribution in [0.1, 0.15) is 21.7 Å². The van der Waals surface area contributed by atoms with Crippen molar-refractivity contribution in [2.75, 3.05) is 13.2 Å². The Balaban J connectivity index is 1.13. The van der Waals surface area contributed by atoms with Crippen LogP contribution in [0.4, 0.5) is 0 Å². The molecule has 0 radical (unpaired) electrons. The van der Waals surface area contributed by atoms with Crippen LogP contribution in [0.15, 0.2) is 101 Å². The smallest absolute Gasteiger partial charge is 0.252 e. The number of nitrogens with one attached hydrogen (secondary N) is 2. The number of fused-ring (bicyclic) bond motifs is 2. The zero-order valence-corrected chi connectivity index (χ0v) is 21.2. The Kier molecular flexibility index (Phi) is 6.78. The molecule has 0 fully saturated rings. The van der Waals surface area contributed by atoms with Crippen molar-refractivity contribution in [2.24, 2.45) is 0 Å². The molecule has 8 heteroatoms. The van der Waals surface area contributed by atoms with E-state index in [0.29, 0.717) is 24.5 Å². The van der Waals surface area contributed by atoms with Gasteiger partial charge in [0.05, 0.1) is 29.0 Å². The molecule has 0 saturated carbocycles. The molecule has 1 aliphatic rings. The first-order chi connectivity index (χ1) is 18.7. The van der Waals surface area contributed by atoms with Crippen molar-refractivity contribution < 1.29 is 14.3 Å². The summed E-state index contributed by atoms with van der Waals surface area (Å²) in [6, 6.07) is 27.1. The van der Waals surface area contributed by atoms with Crippen LogP contribution in [-0.2, 0) is 0 Å². The number of ether oxygens (including phenoxy) is 2. The van der Waals surface area contributed by atoms with Gasteiger partial charge in [0.2, 0.25) is 0 Å². The van der Waals surface area contributed by atoms with Gasteiger partial charge in [-0.2, -0.15) is 5.10 Å². The molecule has 0 spiro atoms. The number of carbonyl (C=O) groups excluding carboxylic acids is 1. The molecule has 6 rings (SSSR count). The van der Waals surface area contributed by atoms with Gasteiger partial charge in [-0.05, 0) is 66.7 Å². The molecule has 2 N–H and O–H groups in total. The first-order valence-corrected chi connectivity index (χ1v) is 13.1. The lowest BCUT2D eigenvalue weighted by molar-refractivity contribution is 0.0787. The fourth-order valence-corrected chi connectivity index (χ4v) is 5.17. The maximum Gasteiger partial charge on any atom is 0.252 e. The van der Waals surface area contributed by atoms with E-state index >= 15 is 0 Å². The van der Waals surface area contributed by atoms with Crippen molar-refractivity contribution in [1.82, 2.24) is 20.5 Å². The van der Waals surface area contributed by atoms with Crippen LogP contribution in [-0.4, -0.2) is 40.3 Å². The quantitative estimate of drug-likeness (QED) is 0.280. The van der Waals surface area contributed by atoms with Gasteiger partial charge in [0.1, 0.15) is 12.7 Å².